The quantitative estimate of drug-likeness (QED) is 0.735. The summed E-state index contributed by atoms with van der Waals surface area (Å²) < 4.78 is 0.458. The highest BCUT2D eigenvalue weighted by molar-refractivity contribution is 8.01. The molecule has 0 saturated heterocycles. The fourth-order valence-electron chi connectivity index (χ4n) is 0.545. The average molecular weight is 219 g/mol. The van der Waals surface area contributed by atoms with E-state index in [9.17, 15) is 9.59 Å². The van der Waals surface area contributed by atoms with Crippen molar-refractivity contribution >= 4 is 35.0 Å². The number of carboxylic acids is 2. The zero-order chi connectivity index (χ0) is 9.84. The Bertz CT molecular complexity index is 335. The minimum absolute atomic E-state index is 0.0436. The number of thiazole rings is 1. The Balaban J connectivity index is 2.59. The lowest BCUT2D eigenvalue weighted by molar-refractivity contribution is -0.133. The Morgan fingerprint density at radius 2 is 2.23 bits per heavy atom. The van der Waals surface area contributed by atoms with E-state index in [1.54, 1.807) is 0 Å². The fraction of sp³-hybridized carbons (Fsp3) is 0.167. The van der Waals surface area contributed by atoms with Gasteiger partial charge in [-0.15, -0.1) is 11.3 Å². The standard InChI is InChI=1S/C6H5NO4S2/c8-4(9)2-13-6-7-3(1-12-6)5(10)11/h1H,2H2,(H,8,9)(H,10,11). The molecule has 0 amide bonds. The maximum Gasteiger partial charge on any atom is 0.355 e. The molecular weight excluding hydrogens is 214 g/mol. The molecule has 70 valence electrons. The number of hydrogen-bond donors (Lipinski definition) is 2. The third kappa shape index (κ3) is 3.03. The normalized spacial score (nSPS) is 9.85. The monoisotopic (exact) mass is 219 g/mol. The summed E-state index contributed by atoms with van der Waals surface area (Å²) in [4.78, 5) is 24.2. The summed E-state index contributed by atoms with van der Waals surface area (Å²) in [6, 6.07) is 0. The molecule has 0 fully saturated rings. The van der Waals surface area contributed by atoms with Crippen molar-refractivity contribution in [3.8, 4) is 0 Å². The molecule has 0 spiro atoms. The van der Waals surface area contributed by atoms with Gasteiger partial charge in [0.1, 0.15) is 0 Å². The first-order chi connectivity index (χ1) is 6.09. The minimum Gasteiger partial charge on any atom is -0.481 e. The van der Waals surface area contributed by atoms with E-state index in [0.717, 1.165) is 23.1 Å². The molecule has 13 heavy (non-hydrogen) atoms. The molecule has 0 saturated carbocycles. The molecule has 7 heteroatoms. The van der Waals surface area contributed by atoms with Crippen molar-refractivity contribution in [3.05, 3.63) is 11.1 Å². The molecule has 1 rings (SSSR count). The fourth-order valence-corrected chi connectivity index (χ4v) is 2.07. The molecule has 1 heterocycles. The van der Waals surface area contributed by atoms with Crippen molar-refractivity contribution in [2.75, 3.05) is 5.75 Å². The maximum atomic E-state index is 10.4. The number of carboxylic acid groups (broad SMARTS) is 2. The van der Waals surface area contributed by atoms with Crippen molar-refractivity contribution in [1.29, 1.82) is 0 Å². The van der Waals surface area contributed by atoms with Crippen LogP contribution in [-0.2, 0) is 4.79 Å². The van der Waals surface area contributed by atoms with Crippen molar-refractivity contribution in [1.82, 2.24) is 4.98 Å². The second-order valence-electron chi connectivity index (χ2n) is 1.99. The predicted molar refractivity (Wildman–Crippen MR) is 47.4 cm³/mol. The second kappa shape index (κ2) is 4.24. The number of thioether (sulfide) groups is 1. The van der Waals surface area contributed by atoms with Crippen LogP contribution in [0.15, 0.2) is 9.72 Å². The molecule has 0 aliphatic heterocycles. The molecule has 0 aliphatic rings. The summed E-state index contributed by atoms with van der Waals surface area (Å²) >= 11 is 2.14. The Morgan fingerprint density at radius 3 is 2.69 bits per heavy atom. The molecule has 5 nitrogen and oxygen atoms in total. The van der Waals surface area contributed by atoms with Crippen LogP contribution in [0.1, 0.15) is 10.5 Å². The van der Waals surface area contributed by atoms with Gasteiger partial charge in [-0.05, 0) is 0 Å². The van der Waals surface area contributed by atoms with Crippen LogP contribution >= 0.6 is 23.1 Å². The first-order valence-corrected chi connectivity index (χ1v) is 4.99. The average Bonchev–Trinajstić information content (AvgIpc) is 2.48. The zero-order valence-electron chi connectivity index (χ0n) is 6.26. The van der Waals surface area contributed by atoms with Gasteiger partial charge in [0.2, 0.25) is 0 Å². The van der Waals surface area contributed by atoms with Gasteiger partial charge in [-0.2, -0.15) is 0 Å². The number of hydrogen-bond acceptors (Lipinski definition) is 5. The van der Waals surface area contributed by atoms with E-state index in [1.807, 2.05) is 0 Å². The summed E-state index contributed by atoms with van der Waals surface area (Å²) in [6.07, 6.45) is 0. The summed E-state index contributed by atoms with van der Waals surface area (Å²) in [5, 5.41) is 18.2. The number of aromatic carboxylic acids is 1. The number of rotatable bonds is 4. The van der Waals surface area contributed by atoms with E-state index >= 15 is 0 Å². The van der Waals surface area contributed by atoms with Crippen LogP contribution in [0.2, 0.25) is 0 Å². The molecule has 0 aromatic carbocycles. The Hall–Kier alpha value is -1.08. The van der Waals surface area contributed by atoms with E-state index in [1.165, 1.54) is 5.38 Å². The van der Waals surface area contributed by atoms with Crippen LogP contribution in [0, 0.1) is 0 Å². The van der Waals surface area contributed by atoms with E-state index in [-0.39, 0.29) is 11.4 Å². The topological polar surface area (TPSA) is 87.5 Å². The van der Waals surface area contributed by atoms with E-state index < -0.39 is 11.9 Å². The van der Waals surface area contributed by atoms with Gasteiger partial charge in [0.15, 0.2) is 10.0 Å². The van der Waals surface area contributed by atoms with E-state index in [0.29, 0.717) is 4.34 Å². The Labute approximate surface area is 81.4 Å². The lowest BCUT2D eigenvalue weighted by Crippen LogP contribution is -1.98. The van der Waals surface area contributed by atoms with Crippen LogP contribution in [0.5, 0.6) is 0 Å². The van der Waals surface area contributed by atoms with Gasteiger partial charge in [0.05, 0.1) is 5.75 Å². The molecule has 1 aromatic heterocycles. The minimum atomic E-state index is -1.10. The van der Waals surface area contributed by atoms with Gasteiger partial charge in [0.25, 0.3) is 0 Å². The Morgan fingerprint density at radius 1 is 1.54 bits per heavy atom. The maximum absolute atomic E-state index is 10.4. The van der Waals surface area contributed by atoms with Gasteiger partial charge in [-0.25, -0.2) is 9.78 Å². The van der Waals surface area contributed by atoms with Crippen molar-refractivity contribution in [3.63, 3.8) is 0 Å². The zero-order valence-corrected chi connectivity index (χ0v) is 7.89. The van der Waals surface area contributed by atoms with Crippen molar-refractivity contribution in [2.24, 2.45) is 0 Å². The molecule has 0 atom stereocenters. The number of nitrogens with zero attached hydrogens (tertiary/aromatic N) is 1. The third-order valence-corrected chi connectivity index (χ3v) is 3.03. The van der Waals surface area contributed by atoms with Crippen LogP contribution in [0.25, 0.3) is 0 Å². The van der Waals surface area contributed by atoms with Gasteiger partial charge in [-0.1, -0.05) is 11.8 Å². The largest absolute Gasteiger partial charge is 0.481 e. The lowest BCUT2D eigenvalue weighted by Gasteiger charge is -1.89. The second-order valence-corrected chi connectivity index (χ2v) is 4.07. The third-order valence-electron chi connectivity index (χ3n) is 1.02. The van der Waals surface area contributed by atoms with Gasteiger partial charge >= 0.3 is 11.9 Å². The van der Waals surface area contributed by atoms with Crippen LogP contribution < -0.4 is 0 Å². The van der Waals surface area contributed by atoms with E-state index in [4.69, 9.17) is 10.2 Å². The van der Waals surface area contributed by atoms with Crippen LogP contribution in [0.4, 0.5) is 0 Å². The van der Waals surface area contributed by atoms with E-state index in [2.05, 4.69) is 4.98 Å². The molecule has 0 unspecified atom stereocenters. The molecule has 1 aromatic rings. The molecule has 0 radical (unpaired) electrons. The van der Waals surface area contributed by atoms with Crippen LogP contribution in [-0.4, -0.2) is 32.9 Å². The first kappa shape index (κ1) is 10.0. The molecule has 2 N–H and O–H groups in total. The molecule has 0 aliphatic carbocycles. The lowest BCUT2D eigenvalue weighted by atomic mass is 10.5. The SMILES string of the molecule is O=C(O)CSc1nc(C(=O)O)cs1. The van der Waals surface area contributed by atoms with Crippen molar-refractivity contribution < 1.29 is 19.8 Å². The van der Waals surface area contributed by atoms with Gasteiger partial charge in [-0.3, -0.25) is 4.79 Å². The number of carbonyl (C=O) groups is 2. The summed E-state index contributed by atoms with van der Waals surface area (Å²) in [7, 11) is 0. The summed E-state index contributed by atoms with van der Waals surface area (Å²) in [5.74, 6) is -2.15. The summed E-state index contributed by atoms with van der Waals surface area (Å²) in [6.45, 7) is 0. The first-order valence-electron chi connectivity index (χ1n) is 3.13. The highest BCUT2D eigenvalue weighted by Gasteiger charge is 2.09. The summed E-state index contributed by atoms with van der Waals surface area (Å²) in [5.41, 5.74) is -0.0436. The molecule has 0 bridgehead atoms. The van der Waals surface area contributed by atoms with Crippen molar-refractivity contribution in [2.45, 2.75) is 4.34 Å². The smallest absolute Gasteiger partial charge is 0.355 e. The van der Waals surface area contributed by atoms with Gasteiger partial charge in [0, 0.05) is 5.38 Å². The Kier molecular flexibility index (Phi) is 3.26. The highest BCUT2D eigenvalue weighted by atomic mass is 32.2. The van der Waals surface area contributed by atoms with Gasteiger partial charge < -0.3 is 10.2 Å². The predicted octanol–water partition coefficient (Wildman–Crippen LogP) is 1.02. The van der Waals surface area contributed by atoms with Crippen LogP contribution in [0.3, 0.4) is 0 Å². The molecular formula is C6H5NO4S2. The highest BCUT2D eigenvalue weighted by Crippen LogP contribution is 2.22. The number of aliphatic carboxylic acids is 1. The number of aromatic nitrogens is 1.